The van der Waals surface area contributed by atoms with Gasteiger partial charge < -0.3 is 16.0 Å². The molecule has 1 saturated heterocycles. The number of halogens is 1. The first kappa shape index (κ1) is 17.9. The van der Waals surface area contributed by atoms with Crippen LogP contribution < -0.4 is 16.0 Å². The van der Waals surface area contributed by atoms with Gasteiger partial charge in [-0.15, -0.1) is 0 Å². The minimum absolute atomic E-state index is 0.0277. The Morgan fingerprint density at radius 2 is 1.88 bits per heavy atom. The van der Waals surface area contributed by atoms with Crippen LogP contribution in [-0.2, 0) is 11.3 Å². The van der Waals surface area contributed by atoms with E-state index in [0.29, 0.717) is 25.3 Å². The number of anilines is 1. The molecule has 0 radical (unpaired) electrons. The van der Waals surface area contributed by atoms with Crippen LogP contribution in [-0.4, -0.2) is 37.0 Å². The summed E-state index contributed by atoms with van der Waals surface area (Å²) in [6.45, 7) is 1.26. The molecule has 0 unspecified atom stereocenters. The Kier molecular flexibility index (Phi) is 5.48. The molecule has 0 bridgehead atoms. The van der Waals surface area contributed by atoms with Crippen molar-refractivity contribution in [3.8, 4) is 0 Å². The number of likely N-dealkylation sites (N-methyl/N-ethyl adjacent to an activating group) is 1. The summed E-state index contributed by atoms with van der Waals surface area (Å²) in [5.74, 6) is -0.277. The van der Waals surface area contributed by atoms with Gasteiger partial charge in [-0.25, -0.2) is 9.18 Å². The van der Waals surface area contributed by atoms with Crippen LogP contribution >= 0.6 is 0 Å². The monoisotopic (exact) mass is 356 g/mol. The highest BCUT2D eigenvalue weighted by atomic mass is 19.1. The molecule has 0 aliphatic carbocycles. The van der Waals surface area contributed by atoms with E-state index in [1.54, 1.807) is 12.1 Å². The van der Waals surface area contributed by atoms with Crippen LogP contribution in [0, 0.1) is 5.82 Å². The fraction of sp³-hybridized carbons (Fsp3) is 0.263. The Hall–Kier alpha value is -2.93. The summed E-state index contributed by atoms with van der Waals surface area (Å²) >= 11 is 0. The number of piperazine rings is 1. The van der Waals surface area contributed by atoms with Crippen LogP contribution in [0.3, 0.4) is 0 Å². The molecule has 1 atom stereocenters. The minimum atomic E-state index is -0.330. The van der Waals surface area contributed by atoms with Crippen molar-refractivity contribution >= 4 is 17.6 Å². The van der Waals surface area contributed by atoms with Gasteiger partial charge in [0.05, 0.1) is 12.6 Å². The van der Waals surface area contributed by atoms with E-state index in [4.69, 9.17) is 0 Å². The second kappa shape index (κ2) is 7.97. The standard InChI is InChI=1S/C19H21FN4O2/c1-24-12-18(25)21-11-17(24)14-4-8-16(9-5-14)23-19(26)22-10-13-2-6-15(20)7-3-13/h2-9,17H,10-12H2,1H3,(H,21,25)(H2,22,23,26)/t17-/m0/s1. The first-order chi connectivity index (χ1) is 12.5. The molecule has 7 heteroatoms. The van der Waals surface area contributed by atoms with Crippen molar-refractivity contribution in [2.24, 2.45) is 0 Å². The number of carbonyl (C=O) groups excluding carboxylic acids is 2. The highest BCUT2D eigenvalue weighted by Crippen LogP contribution is 2.22. The lowest BCUT2D eigenvalue weighted by Crippen LogP contribution is -2.47. The number of benzene rings is 2. The molecule has 1 heterocycles. The zero-order valence-electron chi connectivity index (χ0n) is 14.5. The number of amides is 3. The maximum Gasteiger partial charge on any atom is 0.319 e. The molecule has 136 valence electrons. The fourth-order valence-electron chi connectivity index (χ4n) is 2.88. The molecule has 2 aromatic rings. The van der Waals surface area contributed by atoms with E-state index in [1.807, 2.05) is 36.2 Å². The summed E-state index contributed by atoms with van der Waals surface area (Å²) in [5.41, 5.74) is 2.57. The van der Waals surface area contributed by atoms with Gasteiger partial charge in [0.1, 0.15) is 5.82 Å². The quantitative estimate of drug-likeness (QED) is 0.787. The number of hydrogen-bond donors (Lipinski definition) is 3. The average molecular weight is 356 g/mol. The molecule has 0 aromatic heterocycles. The molecule has 3 amide bonds. The smallest absolute Gasteiger partial charge is 0.319 e. The molecule has 3 N–H and O–H groups in total. The SMILES string of the molecule is CN1CC(=O)NC[C@H]1c1ccc(NC(=O)NCc2ccc(F)cc2)cc1. The van der Waals surface area contributed by atoms with Gasteiger partial charge in [0.2, 0.25) is 5.91 Å². The molecule has 0 spiro atoms. The van der Waals surface area contributed by atoms with E-state index >= 15 is 0 Å². The summed E-state index contributed by atoms with van der Waals surface area (Å²) in [6, 6.07) is 13.3. The van der Waals surface area contributed by atoms with Crippen molar-refractivity contribution < 1.29 is 14.0 Å². The van der Waals surface area contributed by atoms with E-state index in [2.05, 4.69) is 16.0 Å². The zero-order valence-corrected chi connectivity index (χ0v) is 14.5. The topological polar surface area (TPSA) is 73.5 Å². The van der Waals surface area contributed by atoms with Crippen molar-refractivity contribution in [2.45, 2.75) is 12.6 Å². The highest BCUT2D eigenvalue weighted by Gasteiger charge is 2.24. The van der Waals surface area contributed by atoms with Crippen LogP contribution in [0.5, 0.6) is 0 Å². The second-order valence-electron chi connectivity index (χ2n) is 6.29. The minimum Gasteiger partial charge on any atom is -0.353 e. The third kappa shape index (κ3) is 4.58. The maximum absolute atomic E-state index is 12.9. The lowest BCUT2D eigenvalue weighted by atomic mass is 10.0. The lowest BCUT2D eigenvalue weighted by Gasteiger charge is -2.32. The first-order valence-electron chi connectivity index (χ1n) is 8.37. The van der Waals surface area contributed by atoms with Crippen molar-refractivity contribution in [3.05, 3.63) is 65.5 Å². The summed E-state index contributed by atoms with van der Waals surface area (Å²) in [5, 5.41) is 8.35. The van der Waals surface area contributed by atoms with Crippen LogP contribution in [0.4, 0.5) is 14.9 Å². The molecule has 26 heavy (non-hydrogen) atoms. The number of carbonyl (C=O) groups is 2. The van der Waals surface area contributed by atoms with Crippen molar-refractivity contribution in [3.63, 3.8) is 0 Å². The van der Waals surface area contributed by atoms with E-state index in [0.717, 1.165) is 11.1 Å². The lowest BCUT2D eigenvalue weighted by molar-refractivity contribution is -0.125. The fourth-order valence-corrected chi connectivity index (χ4v) is 2.88. The van der Waals surface area contributed by atoms with Gasteiger partial charge in [0.25, 0.3) is 0 Å². The number of hydrogen-bond acceptors (Lipinski definition) is 3. The summed E-state index contributed by atoms with van der Waals surface area (Å²) < 4.78 is 12.9. The normalized spacial score (nSPS) is 17.5. The summed E-state index contributed by atoms with van der Waals surface area (Å²) in [7, 11) is 1.92. The van der Waals surface area contributed by atoms with Crippen molar-refractivity contribution in [1.29, 1.82) is 0 Å². The van der Waals surface area contributed by atoms with Gasteiger partial charge in [0.15, 0.2) is 0 Å². The van der Waals surface area contributed by atoms with E-state index in [9.17, 15) is 14.0 Å². The molecule has 6 nitrogen and oxygen atoms in total. The summed E-state index contributed by atoms with van der Waals surface area (Å²) in [4.78, 5) is 25.4. The van der Waals surface area contributed by atoms with E-state index in [-0.39, 0.29) is 23.8 Å². The second-order valence-corrected chi connectivity index (χ2v) is 6.29. The molecule has 1 aliphatic heterocycles. The van der Waals surface area contributed by atoms with Gasteiger partial charge >= 0.3 is 6.03 Å². The molecule has 2 aromatic carbocycles. The van der Waals surface area contributed by atoms with Gasteiger partial charge in [-0.2, -0.15) is 0 Å². The van der Waals surface area contributed by atoms with Crippen molar-refractivity contribution in [1.82, 2.24) is 15.5 Å². The Morgan fingerprint density at radius 1 is 1.19 bits per heavy atom. The molecule has 0 saturated carbocycles. The van der Waals surface area contributed by atoms with Gasteiger partial charge in [-0.3, -0.25) is 9.69 Å². The zero-order chi connectivity index (χ0) is 18.5. The number of urea groups is 1. The highest BCUT2D eigenvalue weighted by molar-refractivity contribution is 5.89. The third-order valence-electron chi connectivity index (χ3n) is 4.34. The molecule has 1 aliphatic rings. The maximum atomic E-state index is 12.9. The van der Waals surface area contributed by atoms with Gasteiger partial charge in [-0.1, -0.05) is 24.3 Å². The Labute approximate surface area is 151 Å². The molecule has 3 rings (SSSR count). The Morgan fingerprint density at radius 3 is 2.54 bits per heavy atom. The van der Waals surface area contributed by atoms with E-state index < -0.39 is 0 Å². The number of nitrogens with zero attached hydrogens (tertiary/aromatic N) is 1. The molecule has 1 fully saturated rings. The summed E-state index contributed by atoms with van der Waals surface area (Å²) in [6.07, 6.45) is 0. The largest absolute Gasteiger partial charge is 0.353 e. The Balaban J connectivity index is 1.52. The Bertz CT molecular complexity index is 777. The van der Waals surface area contributed by atoms with E-state index in [1.165, 1.54) is 12.1 Å². The van der Waals surface area contributed by atoms with Crippen LogP contribution in [0.1, 0.15) is 17.2 Å². The molecular weight excluding hydrogens is 335 g/mol. The average Bonchev–Trinajstić information content (AvgIpc) is 2.62. The number of nitrogens with one attached hydrogen (secondary N) is 3. The van der Waals surface area contributed by atoms with Crippen molar-refractivity contribution in [2.75, 3.05) is 25.5 Å². The van der Waals surface area contributed by atoms with Gasteiger partial charge in [-0.05, 0) is 42.4 Å². The van der Waals surface area contributed by atoms with Crippen LogP contribution in [0.25, 0.3) is 0 Å². The number of rotatable bonds is 4. The molecular formula is C19H21FN4O2. The first-order valence-corrected chi connectivity index (χ1v) is 8.37. The van der Waals surface area contributed by atoms with Crippen LogP contribution in [0.15, 0.2) is 48.5 Å². The van der Waals surface area contributed by atoms with Crippen LogP contribution in [0.2, 0.25) is 0 Å². The predicted molar refractivity (Wildman–Crippen MR) is 97.1 cm³/mol. The van der Waals surface area contributed by atoms with Gasteiger partial charge in [0, 0.05) is 18.8 Å². The predicted octanol–water partition coefficient (Wildman–Crippen LogP) is 2.25. The third-order valence-corrected chi connectivity index (χ3v) is 4.34.